The summed E-state index contributed by atoms with van der Waals surface area (Å²) in [5.74, 6) is 1.85. The summed E-state index contributed by atoms with van der Waals surface area (Å²) in [6.45, 7) is 4.27. The summed E-state index contributed by atoms with van der Waals surface area (Å²) in [7, 11) is 1.64. The lowest BCUT2D eigenvalue weighted by Gasteiger charge is -2.39. The lowest BCUT2D eigenvalue weighted by Crippen LogP contribution is -2.48. The zero-order chi connectivity index (χ0) is 22.7. The fourth-order valence-electron chi connectivity index (χ4n) is 4.26. The van der Waals surface area contributed by atoms with Gasteiger partial charge in [0.1, 0.15) is 5.75 Å². The summed E-state index contributed by atoms with van der Waals surface area (Å²) < 4.78 is 7.25. The van der Waals surface area contributed by atoms with E-state index in [2.05, 4.69) is 24.0 Å². The van der Waals surface area contributed by atoms with Gasteiger partial charge in [-0.2, -0.15) is 0 Å². The van der Waals surface area contributed by atoms with E-state index >= 15 is 0 Å². The number of rotatable bonds is 6. The third-order valence-electron chi connectivity index (χ3n) is 5.88. The number of methoxy groups -OCH3 is 1. The molecular weight excluding hydrogens is 444 g/mol. The predicted octanol–water partition coefficient (Wildman–Crippen LogP) is 5.48. The van der Waals surface area contributed by atoms with Crippen LogP contribution >= 0.6 is 23.4 Å². The Kier molecular flexibility index (Phi) is 7.06. The zero-order valence-electron chi connectivity index (χ0n) is 18.5. The van der Waals surface area contributed by atoms with Crippen LogP contribution in [0.25, 0.3) is 17.1 Å². The number of likely N-dealkylation sites (tertiary alicyclic amines) is 1. The minimum absolute atomic E-state index is 0.137. The topological polar surface area (TPSA) is 60.2 Å². The van der Waals surface area contributed by atoms with Crippen molar-refractivity contribution in [2.75, 3.05) is 12.9 Å². The Bertz CT molecular complexity index is 1080. The number of hydrogen-bond acceptors (Lipinski definition) is 5. The highest BCUT2D eigenvalue weighted by molar-refractivity contribution is 7.99. The van der Waals surface area contributed by atoms with Crippen molar-refractivity contribution in [1.29, 1.82) is 0 Å². The summed E-state index contributed by atoms with van der Waals surface area (Å²) in [6.07, 6.45) is 3.28. The Balaban J connectivity index is 1.66. The van der Waals surface area contributed by atoms with E-state index in [1.165, 1.54) is 18.2 Å². The highest BCUT2D eigenvalue weighted by Crippen LogP contribution is 2.33. The van der Waals surface area contributed by atoms with Gasteiger partial charge < -0.3 is 9.64 Å². The van der Waals surface area contributed by atoms with Crippen LogP contribution in [-0.2, 0) is 4.79 Å². The number of ether oxygens (including phenoxy) is 1. The molecule has 1 amide bonds. The van der Waals surface area contributed by atoms with E-state index in [0.717, 1.165) is 29.8 Å². The molecule has 1 fully saturated rings. The number of piperidine rings is 1. The predicted molar refractivity (Wildman–Crippen MR) is 129 cm³/mol. The maximum atomic E-state index is 13.1. The number of hydrogen-bond donors (Lipinski definition) is 0. The Morgan fingerprint density at radius 2 is 1.78 bits per heavy atom. The van der Waals surface area contributed by atoms with Crippen LogP contribution < -0.4 is 4.74 Å². The number of thioether (sulfide) groups is 1. The summed E-state index contributed by atoms with van der Waals surface area (Å²) in [5, 5.41) is 10.1. The van der Waals surface area contributed by atoms with Crippen LogP contribution in [0.4, 0.5) is 0 Å². The van der Waals surface area contributed by atoms with Crippen molar-refractivity contribution in [3.63, 3.8) is 0 Å². The van der Waals surface area contributed by atoms with Gasteiger partial charge in [-0.15, -0.1) is 10.2 Å². The average molecular weight is 471 g/mol. The van der Waals surface area contributed by atoms with Gasteiger partial charge in [-0.1, -0.05) is 35.5 Å². The van der Waals surface area contributed by atoms with Crippen molar-refractivity contribution in [1.82, 2.24) is 19.7 Å². The van der Waals surface area contributed by atoms with E-state index in [0.29, 0.717) is 21.8 Å². The van der Waals surface area contributed by atoms with E-state index in [1.807, 2.05) is 58.0 Å². The second-order valence-corrected chi connectivity index (χ2v) is 9.39. The van der Waals surface area contributed by atoms with Gasteiger partial charge in [0, 0.05) is 23.3 Å². The summed E-state index contributed by atoms with van der Waals surface area (Å²) in [6, 6.07) is 15.8. The van der Waals surface area contributed by atoms with Crippen molar-refractivity contribution in [2.45, 2.75) is 50.4 Å². The molecule has 1 aromatic heterocycles. The third-order valence-corrected chi connectivity index (χ3v) is 7.13. The van der Waals surface area contributed by atoms with Gasteiger partial charge in [0.25, 0.3) is 0 Å². The van der Waals surface area contributed by atoms with E-state index in [9.17, 15) is 4.79 Å². The molecule has 3 aromatic rings. The summed E-state index contributed by atoms with van der Waals surface area (Å²) >= 11 is 7.87. The molecule has 6 nitrogen and oxygen atoms in total. The van der Waals surface area contributed by atoms with Crippen LogP contribution in [0.3, 0.4) is 0 Å². The first-order valence-electron chi connectivity index (χ1n) is 10.8. The largest absolute Gasteiger partial charge is 0.497 e. The molecule has 0 aliphatic carbocycles. The molecule has 0 N–H and O–H groups in total. The van der Waals surface area contributed by atoms with Crippen LogP contribution in [0.1, 0.15) is 33.1 Å². The molecule has 2 heterocycles. The molecule has 2 aromatic carbocycles. The maximum absolute atomic E-state index is 13.1. The Morgan fingerprint density at radius 3 is 2.44 bits per heavy atom. The van der Waals surface area contributed by atoms with E-state index in [-0.39, 0.29) is 18.0 Å². The molecule has 8 heteroatoms. The number of carbonyl (C=O) groups is 1. The molecule has 0 saturated carbocycles. The van der Waals surface area contributed by atoms with Crippen LogP contribution in [0, 0.1) is 0 Å². The molecular formula is C24H27ClN4O2S. The van der Waals surface area contributed by atoms with Crippen molar-refractivity contribution < 1.29 is 9.53 Å². The first-order chi connectivity index (χ1) is 15.5. The highest BCUT2D eigenvalue weighted by atomic mass is 35.5. The smallest absolute Gasteiger partial charge is 0.233 e. The van der Waals surface area contributed by atoms with Crippen LogP contribution in [-0.4, -0.2) is 50.5 Å². The molecule has 0 spiro atoms. The Hall–Kier alpha value is -2.51. The molecule has 0 bridgehead atoms. The number of halogens is 1. The standard InChI is InChI=1S/C24H27ClN4O2S/c1-16-7-6-8-17(2)28(16)22(30)15-32-24-27-26-23(20-9-4-5-10-21(20)25)29(24)18-11-13-19(31-3)14-12-18/h4-5,9-14,16-17H,6-8,15H2,1-3H3/t16-,17-/m0/s1. The SMILES string of the molecule is COc1ccc(-n2c(SCC(=O)N3[C@@H](C)CCC[C@@H]3C)nnc2-c2ccccc2Cl)cc1. The Labute approximate surface area is 197 Å². The summed E-state index contributed by atoms with van der Waals surface area (Å²) in [5.41, 5.74) is 1.66. The second-order valence-electron chi connectivity index (χ2n) is 8.04. The fraction of sp³-hybridized carbons (Fsp3) is 0.375. The monoisotopic (exact) mass is 470 g/mol. The van der Waals surface area contributed by atoms with E-state index in [4.69, 9.17) is 16.3 Å². The van der Waals surface area contributed by atoms with Gasteiger partial charge in [0.05, 0.1) is 17.9 Å². The number of amides is 1. The molecule has 1 aliphatic rings. The van der Waals surface area contributed by atoms with E-state index < -0.39 is 0 Å². The lowest BCUT2D eigenvalue weighted by atomic mass is 9.98. The van der Waals surface area contributed by atoms with Gasteiger partial charge in [0.15, 0.2) is 11.0 Å². The van der Waals surface area contributed by atoms with E-state index in [1.54, 1.807) is 7.11 Å². The van der Waals surface area contributed by atoms with Crippen molar-refractivity contribution in [3.8, 4) is 22.8 Å². The molecule has 32 heavy (non-hydrogen) atoms. The molecule has 2 atom stereocenters. The van der Waals surface area contributed by atoms with Gasteiger partial charge in [-0.25, -0.2) is 0 Å². The molecule has 0 radical (unpaired) electrons. The first-order valence-corrected chi connectivity index (χ1v) is 12.1. The van der Waals surface area contributed by atoms with Crippen molar-refractivity contribution in [3.05, 3.63) is 53.6 Å². The van der Waals surface area contributed by atoms with Gasteiger partial charge in [-0.05, 0) is 69.5 Å². The highest BCUT2D eigenvalue weighted by Gasteiger charge is 2.29. The third kappa shape index (κ3) is 4.64. The zero-order valence-corrected chi connectivity index (χ0v) is 20.1. The fourth-order valence-corrected chi connectivity index (χ4v) is 5.30. The second kappa shape index (κ2) is 9.96. The number of benzene rings is 2. The molecule has 0 unspecified atom stereocenters. The summed E-state index contributed by atoms with van der Waals surface area (Å²) in [4.78, 5) is 15.1. The number of nitrogens with zero attached hydrogens (tertiary/aromatic N) is 4. The van der Waals surface area contributed by atoms with Crippen molar-refractivity contribution >= 4 is 29.3 Å². The minimum Gasteiger partial charge on any atom is -0.497 e. The minimum atomic E-state index is 0.137. The maximum Gasteiger partial charge on any atom is 0.233 e. The van der Waals surface area contributed by atoms with Gasteiger partial charge >= 0.3 is 0 Å². The lowest BCUT2D eigenvalue weighted by molar-refractivity contribution is -0.134. The molecule has 1 saturated heterocycles. The molecule has 168 valence electrons. The quantitative estimate of drug-likeness (QED) is 0.446. The number of aromatic nitrogens is 3. The Morgan fingerprint density at radius 1 is 1.09 bits per heavy atom. The average Bonchev–Trinajstić information content (AvgIpc) is 3.21. The molecule has 4 rings (SSSR count). The van der Waals surface area contributed by atoms with Gasteiger partial charge in [0.2, 0.25) is 5.91 Å². The normalized spacial score (nSPS) is 18.6. The van der Waals surface area contributed by atoms with Crippen molar-refractivity contribution in [2.24, 2.45) is 0 Å². The van der Waals surface area contributed by atoms with Crippen LogP contribution in [0.2, 0.25) is 5.02 Å². The van der Waals surface area contributed by atoms with Crippen LogP contribution in [0.5, 0.6) is 5.75 Å². The first kappa shape index (κ1) is 22.7. The number of carbonyl (C=O) groups excluding carboxylic acids is 1. The van der Waals surface area contributed by atoms with Crippen LogP contribution in [0.15, 0.2) is 53.7 Å². The molecule has 1 aliphatic heterocycles. The van der Waals surface area contributed by atoms with Gasteiger partial charge in [-0.3, -0.25) is 9.36 Å².